The summed E-state index contributed by atoms with van der Waals surface area (Å²) < 4.78 is 68.4. The minimum atomic E-state index is -1.84. The number of ether oxygens (including phenoxy) is 3. The third-order valence-corrected chi connectivity index (χ3v) is 2.91. The van der Waals surface area contributed by atoms with Crippen molar-refractivity contribution in [3.8, 4) is 17.2 Å². The van der Waals surface area contributed by atoms with Crippen molar-refractivity contribution in [3.63, 3.8) is 0 Å². The van der Waals surface area contributed by atoms with Gasteiger partial charge < -0.3 is 14.2 Å². The maximum Gasteiger partial charge on any atom is 0.254 e. The molecule has 0 N–H and O–H groups in total. The number of halogens is 4. The van der Waals surface area contributed by atoms with Crippen LogP contribution in [0.3, 0.4) is 0 Å². The first-order chi connectivity index (χ1) is 11.4. The Morgan fingerprint density at radius 2 is 1.21 bits per heavy atom. The minimum absolute atomic E-state index is 0.0581. The molecular weight excluding hydrogens is 334 g/mol. The summed E-state index contributed by atoms with van der Waals surface area (Å²) in [6, 6.07) is 2.83. The molecule has 1 heterocycles. The summed E-state index contributed by atoms with van der Waals surface area (Å²) in [4.78, 5) is 2.43. The molecule has 0 amide bonds. The van der Waals surface area contributed by atoms with Crippen LogP contribution in [0.5, 0.6) is 17.2 Å². The number of rotatable bonds is 5. The molecule has 128 valence electrons. The molecule has 1 aromatic carbocycles. The van der Waals surface area contributed by atoms with E-state index in [0.29, 0.717) is 5.75 Å². The number of benzene rings is 1. The zero-order chi connectivity index (χ0) is 17.9. The highest BCUT2D eigenvalue weighted by molar-refractivity contribution is 5.65. The van der Waals surface area contributed by atoms with E-state index in [-0.39, 0.29) is 17.2 Å². The summed E-state index contributed by atoms with van der Waals surface area (Å²) >= 11 is 0. The molecular formula is C14H11F4N3O3. The molecule has 24 heavy (non-hydrogen) atoms. The number of hydrogen-bond acceptors (Lipinski definition) is 6. The summed E-state index contributed by atoms with van der Waals surface area (Å²) in [5.74, 6) is -6.65. The molecule has 2 rings (SSSR count). The first kappa shape index (κ1) is 17.4. The van der Waals surface area contributed by atoms with Gasteiger partial charge in [-0.2, -0.15) is 22.5 Å². The highest BCUT2D eigenvalue weighted by Crippen LogP contribution is 2.42. The lowest BCUT2D eigenvalue weighted by Crippen LogP contribution is -1.99. The summed E-state index contributed by atoms with van der Waals surface area (Å²) in [7, 11) is 4.02. The molecule has 0 bridgehead atoms. The first-order valence-electron chi connectivity index (χ1n) is 6.34. The van der Waals surface area contributed by atoms with Gasteiger partial charge in [-0.25, -0.2) is 0 Å². The second-order valence-corrected chi connectivity index (χ2v) is 4.25. The molecule has 6 nitrogen and oxygen atoms in total. The number of pyridine rings is 1. The van der Waals surface area contributed by atoms with Crippen LogP contribution in [0.25, 0.3) is 0 Å². The average Bonchev–Trinajstić information content (AvgIpc) is 2.59. The summed E-state index contributed by atoms with van der Waals surface area (Å²) in [6.07, 6.45) is 0. The molecule has 0 radical (unpaired) electrons. The van der Waals surface area contributed by atoms with Crippen molar-refractivity contribution < 1.29 is 31.8 Å². The van der Waals surface area contributed by atoms with Crippen LogP contribution in [-0.4, -0.2) is 26.3 Å². The van der Waals surface area contributed by atoms with Crippen molar-refractivity contribution in [1.82, 2.24) is 4.98 Å². The van der Waals surface area contributed by atoms with E-state index in [9.17, 15) is 17.6 Å². The maximum absolute atomic E-state index is 13.5. The Balaban J connectivity index is 2.58. The fraction of sp³-hybridized carbons (Fsp3) is 0.214. The number of methoxy groups -OCH3 is 3. The quantitative estimate of drug-likeness (QED) is 0.465. The van der Waals surface area contributed by atoms with Gasteiger partial charge in [-0.3, -0.25) is 0 Å². The van der Waals surface area contributed by atoms with Gasteiger partial charge in [0.2, 0.25) is 11.6 Å². The molecule has 0 spiro atoms. The van der Waals surface area contributed by atoms with Crippen LogP contribution < -0.4 is 14.2 Å². The zero-order valence-electron chi connectivity index (χ0n) is 12.7. The molecule has 2 aromatic rings. The van der Waals surface area contributed by atoms with Crippen LogP contribution in [0.2, 0.25) is 0 Å². The fourth-order valence-corrected chi connectivity index (χ4v) is 1.75. The second-order valence-electron chi connectivity index (χ2n) is 4.25. The monoisotopic (exact) mass is 345 g/mol. The number of nitrogens with zero attached hydrogens (tertiary/aromatic N) is 3. The molecule has 0 fully saturated rings. The van der Waals surface area contributed by atoms with Crippen molar-refractivity contribution in [2.45, 2.75) is 0 Å². The number of hydrogen-bond donors (Lipinski definition) is 0. The average molecular weight is 345 g/mol. The Morgan fingerprint density at radius 3 is 1.62 bits per heavy atom. The normalized spacial score (nSPS) is 11.0. The highest BCUT2D eigenvalue weighted by atomic mass is 19.2. The topological polar surface area (TPSA) is 65.3 Å². The Labute approximate surface area is 133 Å². The van der Waals surface area contributed by atoms with E-state index in [1.54, 1.807) is 0 Å². The summed E-state index contributed by atoms with van der Waals surface area (Å²) in [5, 5.41) is 6.80. The standard InChI is InChI=1S/C14H11F4N3O3/c1-22-6-4-7(23-2)11(8(5-6)24-3)20-21-12-9(15)13(17)19-14(18)10(12)16/h4-5H,1-3H3. The van der Waals surface area contributed by atoms with E-state index in [1.807, 2.05) is 0 Å². The third-order valence-electron chi connectivity index (χ3n) is 2.91. The van der Waals surface area contributed by atoms with Gasteiger partial charge in [0.15, 0.2) is 22.9 Å². The Hall–Kier alpha value is -2.91. The van der Waals surface area contributed by atoms with Crippen molar-refractivity contribution in [3.05, 3.63) is 35.7 Å². The Kier molecular flexibility index (Phi) is 5.17. The molecule has 0 atom stereocenters. The lowest BCUT2D eigenvalue weighted by atomic mass is 10.2. The fourth-order valence-electron chi connectivity index (χ4n) is 1.75. The molecule has 0 aliphatic rings. The van der Waals surface area contributed by atoms with Crippen LogP contribution in [0.1, 0.15) is 0 Å². The van der Waals surface area contributed by atoms with Gasteiger partial charge in [0.25, 0.3) is 11.9 Å². The van der Waals surface area contributed by atoms with Crippen molar-refractivity contribution in [2.75, 3.05) is 21.3 Å². The van der Waals surface area contributed by atoms with Crippen molar-refractivity contribution in [1.29, 1.82) is 0 Å². The number of aromatic nitrogens is 1. The van der Waals surface area contributed by atoms with Crippen LogP contribution in [0.15, 0.2) is 22.4 Å². The minimum Gasteiger partial charge on any atom is -0.496 e. The van der Waals surface area contributed by atoms with Gasteiger partial charge in [0.1, 0.15) is 5.75 Å². The van der Waals surface area contributed by atoms with Crippen LogP contribution in [-0.2, 0) is 0 Å². The third kappa shape index (κ3) is 3.21. The number of azo groups is 1. The van der Waals surface area contributed by atoms with Gasteiger partial charge in [-0.1, -0.05) is 0 Å². The van der Waals surface area contributed by atoms with E-state index in [1.165, 1.54) is 33.5 Å². The Bertz CT molecular complexity index is 748. The van der Waals surface area contributed by atoms with Crippen molar-refractivity contribution >= 4 is 11.4 Å². The van der Waals surface area contributed by atoms with Gasteiger partial charge in [0, 0.05) is 12.1 Å². The SMILES string of the molecule is COc1cc(OC)c(N=Nc2c(F)c(F)nc(F)c2F)c(OC)c1. The summed E-state index contributed by atoms with van der Waals surface area (Å²) in [6.45, 7) is 0. The molecule has 0 aliphatic heterocycles. The molecule has 0 saturated carbocycles. The van der Waals surface area contributed by atoms with Gasteiger partial charge in [0.05, 0.1) is 21.3 Å². The highest BCUT2D eigenvalue weighted by Gasteiger charge is 2.21. The van der Waals surface area contributed by atoms with E-state index in [0.717, 1.165) is 0 Å². The molecule has 0 unspecified atom stereocenters. The van der Waals surface area contributed by atoms with Gasteiger partial charge in [-0.05, 0) is 0 Å². The van der Waals surface area contributed by atoms with Crippen LogP contribution in [0.4, 0.5) is 28.9 Å². The first-order valence-corrected chi connectivity index (χ1v) is 6.34. The lowest BCUT2D eigenvalue weighted by molar-refractivity contribution is 0.376. The second kappa shape index (κ2) is 7.11. The van der Waals surface area contributed by atoms with E-state index >= 15 is 0 Å². The smallest absolute Gasteiger partial charge is 0.254 e. The Morgan fingerprint density at radius 1 is 0.750 bits per heavy atom. The van der Waals surface area contributed by atoms with Gasteiger partial charge in [-0.15, -0.1) is 10.2 Å². The van der Waals surface area contributed by atoms with E-state index in [2.05, 4.69) is 15.2 Å². The van der Waals surface area contributed by atoms with E-state index in [4.69, 9.17) is 14.2 Å². The lowest BCUT2D eigenvalue weighted by Gasteiger charge is -2.11. The van der Waals surface area contributed by atoms with Crippen molar-refractivity contribution in [2.24, 2.45) is 10.2 Å². The predicted molar refractivity (Wildman–Crippen MR) is 74.3 cm³/mol. The maximum atomic E-state index is 13.5. The van der Waals surface area contributed by atoms with Gasteiger partial charge >= 0.3 is 0 Å². The molecule has 10 heteroatoms. The molecule has 1 aromatic heterocycles. The summed E-state index contributed by atoms with van der Waals surface area (Å²) in [5.41, 5.74) is -1.32. The molecule has 0 saturated heterocycles. The largest absolute Gasteiger partial charge is 0.496 e. The predicted octanol–water partition coefficient (Wildman–Crippen LogP) is 4.08. The van der Waals surface area contributed by atoms with Crippen LogP contribution >= 0.6 is 0 Å². The van der Waals surface area contributed by atoms with Crippen LogP contribution in [0, 0.1) is 23.5 Å². The molecule has 0 aliphatic carbocycles. The van der Waals surface area contributed by atoms with E-state index < -0.39 is 29.2 Å². The zero-order valence-corrected chi connectivity index (χ0v) is 12.7.